The first-order valence-corrected chi connectivity index (χ1v) is 7.30. The lowest BCUT2D eigenvalue weighted by Gasteiger charge is -2.17. The largest absolute Gasteiger partial charge is 0.496 e. The highest BCUT2D eigenvalue weighted by Gasteiger charge is 2.19. The van der Waals surface area contributed by atoms with E-state index < -0.39 is 6.10 Å². The predicted molar refractivity (Wildman–Crippen MR) is 80.2 cm³/mol. The standard InChI is InChI=1S/C16H20O2S/c1-5-12-7-9-14(19-12)15(17)13-8-6-10(2)11(3)16(13)18-4/h6-9,15,17H,5H2,1-4H3. The summed E-state index contributed by atoms with van der Waals surface area (Å²) in [5.41, 5.74) is 3.11. The van der Waals surface area contributed by atoms with Crippen molar-refractivity contribution in [3.05, 3.63) is 50.7 Å². The first kappa shape index (κ1) is 14.1. The maximum absolute atomic E-state index is 10.6. The molecule has 0 fully saturated rings. The topological polar surface area (TPSA) is 29.5 Å². The van der Waals surface area contributed by atoms with Crippen LogP contribution in [0.25, 0.3) is 0 Å². The van der Waals surface area contributed by atoms with E-state index in [4.69, 9.17) is 4.74 Å². The summed E-state index contributed by atoms with van der Waals surface area (Å²) in [4.78, 5) is 2.26. The molecule has 1 heterocycles. The molecule has 0 aliphatic carbocycles. The lowest BCUT2D eigenvalue weighted by Crippen LogP contribution is -2.03. The van der Waals surface area contributed by atoms with Gasteiger partial charge in [0, 0.05) is 15.3 Å². The minimum absolute atomic E-state index is 0.612. The second-order valence-corrected chi connectivity index (χ2v) is 5.89. The molecule has 0 amide bonds. The number of aryl methyl sites for hydroxylation is 2. The summed E-state index contributed by atoms with van der Waals surface area (Å²) in [5, 5.41) is 10.6. The Morgan fingerprint density at radius 1 is 1.21 bits per heavy atom. The minimum atomic E-state index is -0.612. The van der Waals surface area contributed by atoms with Gasteiger partial charge in [-0.05, 0) is 43.5 Å². The van der Waals surface area contributed by atoms with Gasteiger partial charge in [0.15, 0.2) is 0 Å². The Labute approximate surface area is 118 Å². The molecule has 1 aromatic carbocycles. The number of thiophene rings is 1. The second-order valence-electron chi connectivity index (χ2n) is 4.69. The number of methoxy groups -OCH3 is 1. The van der Waals surface area contributed by atoms with Gasteiger partial charge in [-0.1, -0.05) is 19.1 Å². The van der Waals surface area contributed by atoms with Crippen molar-refractivity contribution < 1.29 is 9.84 Å². The molecule has 1 aromatic heterocycles. The Morgan fingerprint density at radius 2 is 1.95 bits per heavy atom. The van der Waals surface area contributed by atoms with Crippen LogP contribution in [0.15, 0.2) is 24.3 Å². The van der Waals surface area contributed by atoms with Crippen LogP contribution in [0.3, 0.4) is 0 Å². The van der Waals surface area contributed by atoms with E-state index in [1.165, 1.54) is 10.4 Å². The van der Waals surface area contributed by atoms with Gasteiger partial charge in [0.1, 0.15) is 11.9 Å². The molecule has 1 N–H and O–H groups in total. The van der Waals surface area contributed by atoms with Gasteiger partial charge in [0.25, 0.3) is 0 Å². The van der Waals surface area contributed by atoms with Crippen LogP contribution in [-0.4, -0.2) is 12.2 Å². The van der Waals surface area contributed by atoms with Crippen molar-refractivity contribution in [3.8, 4) is 5.75 Å². The van der Waals surface area contributed by atoms with Crippen molar-refractivity contribution in [1.82, 2.24) is 0 Å². The maximum Gasteiger partial charge on any atom is 0.128 e. The highest BCUT2D eigenvalue weighted by molar-refractivity contribution is 7.12. The van der Waals surface area contributed by atoms with Crippen molar-refractivity contribution >= 4 is 11.3 Å². The zero-order valence-corrected chi connectivity index (χ0v) is 12.7. The number of hydrogen-bond donors (Lipinski definition) is 1. The van der Waals surface area contributed by atoms with Crippen LogP contribution >= 0.6 is 11.3 Å². The van der Waals surface area contributed by atoms with Gasteiger partial charge in [-0.3, -0.25) is 0 Å². The van der Waals surface area contributed by atoms with E-state index in [2.05, 4.69) is 13.0 Å². The van der Waals surface area contributed by atoms with Crippen molar-refractivity contribution in [2.24, 2.45) is 0 Å². The third-order valence-corrected chi connectivity index (χ3v) is 4.79. The van der Waals surface area contributed by atoms with Gasteiger partial charge < -0.3 is 9.84 Å². The van der Waals surface area contributed by atoms with Gasteiger partial charge in [-0.25, -0.2) is 0 Å². The molecule has 2 rings (SSSR count). The SMILES string of the molecule is CCc1ccc(C(O)c2ccc(C)c(C)c2OC)s1. The van der Waals surface area contributed by atoms with Gasteiger partial charge in [-0.2, -0.15) is 0 Å². The molecule has 0 spiro atoms. The highest BCUT2D eigenvalue weighted by Crippen LogP contribution is 2.36. The quantitative estimate of drug-likeness (QED) is 0.914. The van der Waals surface area contributed by atoms with Crippen molar-refractivity contribution in [2.45, 2.75) is 33.3 Å². The molecule has 0 radical (unpaired) electrons. The minimum Gasteiger partial charge on any atom is -0.496 e. The molecular weight excluding hydrogens is 256 g/mol. The molecule has 0 aliphatic heterocycles. The van der Waals surface area contributed by atoms with Crippen LogP contribution in [0.5, 0.6) is 5.75 Å². The van der Waals surface area contributed by atoms with Crippen LogP contribution in [0.4, 0.5) is 0 Å². The fourth-order valence-electron chi connectivity index (χ4n) is 2.18. The predicted octanol–water partition coefficient (Wildman–Crippen LogP) is 4.02. The lowest BCUT2D eigenvalue weighted by molar-refractivity contribution is 0.218. The molecular formula is C16H20O2S. The molecule has 3 heteroatoms. The van der Waals surface area contributed by atoms with Crippen molar-refractivity contribution in [1.29, 1.82) is 0 Å². The number of hydrogen-bond acceptors (Lipinski definition) is 3. The number of benzene rings is 1. The number of aliphatic hydroxyl groups is 1. The van der Waals surface area contributed by atoms with Crippen LogP contribution in [0, 0.1) is 13.8 Å². The maximum atomic E-state index is 10.6. The summed E-state index contributed by atoms with van der Waals surface area (Å²) in [6.07, 6.45) is 0.390. The van der Waals surface area contributed by atoms with Gasteiger partial charge in [-0.15, -0.1) is 11.3 Å². The third kappa shape index (κ3) is 2.67. The zero-order chi connectivity index (χ0) is 14.0. The molecule has 0 saturated carbocycles. The summed E-state index contributed by atoms with van der Waals surface area (Å²) in [7, 11) is 1.66. The summed E-state index contributed by atoms with van der Waals surface area (Å²) in [6, 6.07) is 8.07. The van der Waals surface area contributed by atoms with E-state index in [1.807, 2.05) is 32.0 Å². The molecule has 0 bridgehead atoms. The molecule has 19 heavy (non-hydrogen) atoms. The average Bonchev–Trinajstić information content (AvgIpc) is 2.89. The van der Waals surface area contributed by atoms with E-state index >= 15 is 0 Å². The van der Waals surface area contributed by atoms with Crippen LogP contribution in [0.2, 0.25) is 0 Å². The van der Waals surface area contributed by atoms with Gasteiger partial charge in [0.05, 0.1) is 7.11 Å². The molecule has 102 valence electrons. The van der Waals surface area contributed by atoms with Gasteiger partial charge >= 0.3 is 0 Å². The van der Waals surface area contributed by atoms with E-state index in [0.29, 0.717) is 0 Å². The fourth-order valence-corrected chi connectivity index (χ4v) is 3.14. The average molecular weight is 276 g/mol. The Bertz CT molecular complexity index is 572. The summed E-state index contributed by atoms with van der Waals surface area (Å²) in [5.74, 6) is 0.791. The Morgan fingerprint density at radius 3 is 2.53 bits per heavy atom. The highest BCUT2D eigenvalue weighted by atomic mass is 32.1. The van der Waals surface area contributed by atoms with Crippen molar-refractivity contribution in [3.63, 3.8) is 0 Å². The van der Waals surface area contributed by atoms with E-state index in [9.17, 15) is 5.11 Å². The van der Waals surface area contributed by atoms with Crippen LogP contribution < -0.4 is 4.74 Å². The first-order valence-electron chi connectivity index (χ1n) is 6.49. The van der Waals surface area contributed by atoms with E-state index in [1.54, 1.807) is 18.4 Å². The molecule has 0 saturated heterocycles. The third-order valence-electron chi connectivity index (χ3n) is 3.51. The van der Waals surface area contributed by atoms with Gasteiger partial charge in [0.2, 0.25) is 0 Å². The number of rotatable bonds is 4. The smallest absolute Gasteiger partial charge is 0.128 e. The normalized spacial score (nSPS) is 12.5. The van der Waals surface area contributed by atoms with E-state index in [-0.39, 0.29) is 0 Å². The fraction of sp³-hybridized carbons (Fsp3) is 0.375. The molecule has 0 aliphatic rings. The molecule has 1 atom stereocenters. The summed E-state index contributed by atoms with van der Waals surface area (Å²) in [6.45, 7) is 6.20. The molecule has 1 unspecified atom stereocenters. The van der Waals surface area contributed by atoms with Crippen LogP contribution in [-0.2, 0) is 6.42 Å². The van der Waals surface area contributed by atoms with Crippen molar-refractivity contribution in [2.75, 3.05) is 7.11 Å². The monoisotopic (exact) mass is 276 g/mol. The number of aliphatic hydroxyl groups excluding tert-OH is 1. The lowest BCUT2D eigenvalue weighted by atomic mass is 10.00. The summed E-state index contributed by atoms with van der Waals surface area (Å²) < 4.78 is 5.48. The van der Waals surface area contributed by atoms with Crippen LogP contribution in [0.1, 0.15) is 39.5 Å². The molecule has 2 aromatic rings. The Hall–Kier alpha value is -1.32. The second kappa shape index (κ2) is 5.76. The zero-order valence-electron chi connectivity index (χ0n) is 11.9. The first-order chi connectivity index (χ1) is 9.08. The molecule has 2 nitrogen and oxygen atoms in total. The Balaban J connectivity index is 2.43. The van der Waals surface area contributed by atoms with E-state index in [0.717, 1.165) is 28.2 Å². The Kier molecular flexibility index (Phi) is 4.27. The summed E-state index contributed by atoms with van der Waals surface area (Å²) >= 11 is 1.66. The number of ether oxygens (including phenoxy) is 1.